The lowest BCUT2D eigenvalue weighted by atomic mass is 10.1. The Hall–Kier alpha value is -2.87. The van der Waals surface area contributed by atoms with Crippen molar-refractivity contribution in [3.63, 3.8) is 0 Å². The molecule has 1 atom stereocenters. The van der Waals surface area contributed by atoms with Crippen LogP contribution in [0.5, 0.6) is 11.5 Å². The molecule has 1 unspecified atom stereocenters. The average Bonchev–Trinajstić information content (AvgIpc) is 3.29. The number of benzene rings is 2. The van der Waals surface area contributed by atoms with Gasteiger partial charge in [-0.3, -0.25) is 14.5 Å². The van der Waals surface area contributed by atoms with Crippen molar-refractivity contribution in [3.8, 4) is 11.5 Å². The first-order valence-corrected chi connectivity index (χ1v) is 14.8. The van der Waals surface area contributed by atoms with Crippen molar-refractivity contribution in [1.82, 2.24) is 9.62 Å². The van der Waals surface area contributed by atoms with Crippen LogP contribution in [0, 0.1) is 0 Å². The van der Waals surface area contributed by atoms with Crippen molar-refractivity contribution in [1.29, 1.82) is 0 Å². The predicted octanol–water partition coefficient (Wildman–Crippen LogP) is 3.37. The van der Waals surface area contributed by atoms with Gasteiger partial charge in [0.05, 0.1) is 29.3 Å². The number of anilines is 1. The molecule has 0 bridgehead atoms. The minimum absolute atomic E-state index is 0.0643. The van der Waals surface area contributed by atoms with E-state index in [0.29, 0.717) is 27.8 Å². The Balaban J connectivity index is 1.61. The lowest BCUT2D eigenvalue weighted by molar-refractivity contribution is -0.127. The third-order valence-electron chi connectivity index (χ3n) is 5.97. The van der Waals surface area contributed by atoms with Gasteiger partial charge in [-0.15, -0.1) is 11.3 Å². The highest BCUT2D eigenvalue weighted by Gasteiger charge is 2.36. The van der Waals surface area contributed by atoms with E-state index in [1.807, 2.05) is 0 Å². The van der Waals surface area contributed by atoms with E-state index >= 15 is 0 Å². The number of ether oxygens (including phenoxy) is 2. The Morgan fingerprint density at radius 2 is 1.95 bits per heavy atom. The van der Waals surface area contributed by atoms with E-state index in [1.54, 1.807) is 23.6 Å². The zero-order chi connectivity index (χ0) is 28.3. The first kappa shape index (κ1) is 29.1. The molecule has 208 valence electrons. The Labute approximate surface area is 240 Å². The topological polar surface area (TPSA) is 131 Å². The Bertz CT molecular complexity index is 1480. The summed E-state index contributed by atoms with van der Waals surface area (Å²) in [6.45, 7) is 0.369. The van der Waals surface area contributed by atoms with Gasteiger partial charge < -0.3 is 20.5 Å². The number of nitrogens with two attached hydrogens (primary N) is 1. The summed E-state index contributed by atoms with van der Waals surface area (Å²) in [4.78, 5) is 28.1. The molecule has 0 saturated heterocycles. The highest BCUT2D eigenvalue weighted by molar-refractivity contribution is 7.89. The van der Waals surface area contributed by atoms with Crippen molar-refractivity contribution < 1.29 is 27.5 Å². The molecule has 2 aromatic carbocycles. The lowest BCUT2D eigenvalue weighted by Crippen LogP contribution is -2.51. The average molecular weight is 614 g/mol. The number of fused-ring (bicyclic) bond motifs is 1. The summed E-state index contributed by atoms with van der Waals surface area (Å²) in [7, 11) is -0.910. The summed E-state index contributed by atoms with van der Waals surface area (Å²) >= 11 is 13.6. The third kappa shape index (κ3) is 6.16. The molecule has 2 heterocycles. The number of methoxy groups -OCH3 is 1. The summed E-state index contributed by atoms with van der Waals surface area (Å²) in [5.74, 6) is -0.0567. The largest absolute Gasteiger partial charge is 0.497 e. The molecule has 14 heteroatoms. The highest BCUT2D eigenvalue weighted by Crippen LogP contribution is 2.39. The number of hydrogen-bond acceptors (Lipinski definition) is 8. The fourth-order valence-electron chi connectivity index (χ4n) is 3.89. The Kier molecular flexibility index (Phi) is 9.04. The van der Waals surface area contributed by atoms with Crippen molar-refractivity contribution in [2.45, 2.75) is 17.5 Å². The van der Waals surface area contributed by atoms with Crippen LogP contribution in [0.3, 0.4) is 0 Å². The predicted molar refractivity (Wildman–Crippen MR) is 151 cm³/mol. The number of sulfonamides is 1. The SMILES string of the molecule is COc1ccc2c(c1)N(C(=O)c1scc(CN(C)S(=O)(=O)c3ccc(Cl)cc3)c1Cl)CC(C(=O)NCCN)O2. The van der Waals surface area contributed by atoms with Crippen LogP contribution < -0.4 is 25.4 Å². The van der Waals surface area contributed by atoms with Crippen molar-refractivity contribution in [2.24, 2.45) is 5.73 Å². The molecule has 3 aromatic rings. The third-order valence-corrected chi connectivity index (χ3v) is 9.60. The second kappa shape index (κ2) is 12.1. The number of carbonyl (C=O) groups excluding carboxylic acids is 2. The van der Waals surface area contributed by atoms with E-state index in [4.69, 9.17) is 38.4 Å². The minimum atomic E-state index is -3.83. The highest BCUT2D eigenvalue weighted by atomic mass is 35.5. The number of rotatable bonds is 9. The van der Waals surface area contributed by atoms with Gasteiger partial charge in [0.25, 0.3) is 11.8 Å². The summed E-state index contributed by atoms with van der Waals surface area (Å²) in [6, 6.07) is 10.7. The van der Waals surface area contributed by atoms with Crippen LogP contribution in [0.1, 0.15) is 15.2 Å². The molecule has 0 saturated carbocycles. The standard InChI is InChI=1S/C25H26Cl2N4O6S2/c1-30(39(34,35)18-6-3-16(26)4-7-18)12-15-14-38-23(22(15)27)25(33)31-13-21(24(32)29-10-9-28)37-20-8-5-17(36-2)11-19(20)31/h3-8,11,14,21H,9-10,12-13,28H2,1-2H3,(H,29,32). The van der Waals surface area contributed by atoms with E-state index in [0.717, 1.165) is 15.6 Å². The number of halogens is 2. The van der Waals surface area contributed by atoms with Gasteiger partial charge in [0, 0.05) is 37.8 Å². The van der Waals surface area contributed by atoms with Gasteiger partial charge in [-0.25, -0.2) is 8.42 Å². The number of nitrogens with zero attached hydrogens (tertiary/aromatic N) is 2. The summed E-state index contributed by atoms with van der Waals surface area (Å²) in [5, 5.41) is 4.86. The summed E-state index contributed by atoms with van der Waals surface area (Å²) < 4.78 is 38.4. The van der Waals surface area contributed by atoms with Crippen molar-refractivity contribution in [2.75, 3.05) is 38.7 Å². The van der Waals surface area contributed by atoms with Gasteiger partial charge in [-0.2, -0.15) is 4.31 Å². The number of hydrogen-bond donors (Lipinski definition) is 2. The van der Waals surface area contributed by atoms with E-state index in [9.17, 15) is 18.0 Å². The molecule has 0 spiro atoms. The first-order chi connectivity index (χ1) is 18.6. The number of nitrogens with one attached hydrogen (secondary N) is 1. The van der Waals surface area contributed by atoms with Gasteiger partial charge in [0.1, 0.15) is 16.4 Å². The zero-order valence-corrected chi connectivity index (χ0v) is 24.2. The van der Waals surface area contributed by atoms with Crippen LogP contribution in [-0.4, -0.2) is 64.4 Å². The molecule has 10 nitrogen and oxygen atoms in total. The minimum Gasteiger partial charge on any atom is -0.497 e. The maximum atomic E-state index is 13.8. The number of thiophene rings is 1. The summed E-state index contributed by atoms with van der Waals surface area (Å²) in [5.41, 5.74) is 6.36. The maximum absolute atomic E-state index is 13.8. The lowest BCUT2D eigenvalue weighted by Gasteiger charge is -2.34. The summed E-state index contributed by atoms with van der Waals surface area (Å²) in [6.07, 6.45) is -0.977. The molecule has 1 aliphatic rings. The van der Waals surface area contributed by atoms with Crippen molar-refractivity contribution in [3.05, 3.63) is 68.3 Å². The van der Waals surface area contributed by atoms with Gasteiger partial charge in [-0.1, -0.05) is 23.2 Å². The first-order valence-electron chi connectivity index (χ1n) is 11.7. The van der Waals surface area contributed by atoms with E-state index < -0.39 is 27.9 Å². The van der Waals surface area contributed by atoms with Crippen LogP contribution in [0.25, 0.3) is 0 Å². The molecular weight excluding hydrogens is 587 g/mol. The smallest absolute Gasteiger partial charge is 0.270 e. The molecule has 2 amide bonds. The van der Waals surface area contributed by atoms with E-state index in [-0.39, 0.29) is 41.0 Å². The molecule has 1 aromatic heterocycles. The molecule has 1 aliphatic heterocycles. The Morgan fingerprint density at radius 1 is 1.23 bits per heavy atom. The van der Waals surface area contributed by atoms with Gasteiger partial charge in [0.15, 0.2) is 6.10 Å². The fraction of sp³-hybridized carbons (Fsp3) is 0.280. The van der Waals surface area contributed by atoms with Gasteiger partial charge >= 0.3 is 0 Å². The number of amides is 2. The zero-order valence-electron chi connectivity index (χ0n) is 21.0. The van der Waals surface area contributed by atoms with E-state index in [1.165, 1.54) is 43.3 Å². The van der Waals surface area contributed by atoms with Crippen LogP contribution in [0.2, 0.25) is 10.0 Å². The second-order valence-electron chi connectivity index (χ2n) is 8.55. The van der Waals surface area contributed by atoms with Gasteiger partial charge in [0.2, 0.25) is 10.0 Å². The number of carbonyl (C=O) groups is 2. The monoisotopic (exact) mass is 612 g/mol. The molecular formula is C25H26Cl2N4O6S2. The quantitative estimate of drug-likeness (QED) is 0.379. The normalized spacial score (nSPS) is 15.0. The van der Waals surface area contributed by atoms with Crippen LogP contribution >= 0.6 is 34.5 Å². The van der Waals surface area contributed by atoms with E-state index in [2.05, 4.69) is 5.32 Å². The molecule has 39 heavy (non-hydrogen) atoms. The fourth-order valence-corrected chi connectivity index (χ4v) is 6.46. The molecule has 4 rings (SSSR count). The maximum Gasteiger partial charge on any atom is 0.270 e. The van der Waals surface area contributed by atoms with Crippen molar-refractivity contribution >= 4 is 62.1 Å². The Morgan fingerprint density at radius 3 is 2.62 bits per heavy atom. The van der Waals surface area contributed by atoms with Gasteiger partial charge in [-0.05, 0) is 47.3 Å². The molecule has 0 fully saturated rings. The second-order valence-corrected chi connectivity index (χ2v) is 12.3. The molecule has 3 N–H and O–H groups in total. The molecule has 0 radical (unpaired) electrons. The van der Waals surface area contributed by atoms with Crippen LogP contribution in [0.4, 0.5) is 5.69 Å². The molecule has 0 aliphatic carbocycles. The van der Waals surface area contributed by atoms with Crippen LogP contribution in [-0.2, 0) is 21.4 Å². The van der Waals surface area contributed by atoms with Crippen LogP contribution in [0.15, 0.2) is 52.7 Å².